The van der Waals surface area contributed by atoms with Gasteiger partial charge in [0.05, 0.1) is 27.4 Å². The van der Waals surface area contributed by atoms with Crippen molar-refractivity contribution in [1.29, 1.82) is 0 Å². The molecule has 0 radical (unpaired) electrons. The largest absolute Gasteiger partial charge is 0.493 e. The Labute approximate surface area is 200 Å². The Morgan fingerprint density at radius 3 is 2.21 bits per heavy atom. The Kier molecular flexibility index (Phi) is 5.82. The summed E-state index contributed by atoms with van der Waals surface area (Å²) in [7, 11) is 6.74. The van der Waals surface area contributed by atoms with Crippen molar-refractivity contribution in [3.63, 3.8) is 0 Å². The summed E-state index contributed by atoms with van der Waals surface area (Å²) in [6.07, 6.45) is 1.81. The molecule has 34 heavy (non-hydrogen) atoms. The van der Waals surface area contributed by atoms with E-state index in [1.807, 2.05) is 54.4 Å². The molecule has 0 fully saturated rings. The first-order valence-electron chi connectivity index (χ1n) is 11.5. The summed E-state index contributed by atoms with van der Waals surface area (Å²) in [6.45, 7) is 0.468. The Balaban J connectivity index is 1.53. The molecule has 3 aromatic rings. The predicted molar refractivity (Wildman–Crippen MR) is 129 cm³/mol. The molecule has 176 valence electrons. The molecule has 5 rings (SSSR count). The minimum atomic E-state index is -0.0843. The van der Waals surface area contributed by atoms with Gasteiger partial charge < -0.3 is 23.8 Å². The number of rotatable bonds is 6. The molecular weight excluding hydrogens is 430 g/mol. The van der Waals surface area contributed by atoms with Crippen molar-refractivity contribution >= 4 is 5.91 Å². The average Bonchev–Trinajstić information content (AvgIpc) is 2.89. The number of amides is 1. The van der Waals surface area contributed by atoms with Crippen molar-refractivity contribution in [1.82, 2.24) is 4.90 Å². The summed E-state index contributed by atoms with van der Waals surface area (Å²) < 4.78 is 22.8. The summed E-state index contributed by atoms with van der Waals surface area (Å²) in [4.78, 5) is 15.3. The second-order valence-electron chi connectivity index (χ2n) is 8.78. The van der Waals surface area contributed by atoms with Gasteiger partial charge in [-0.25, -0.2) is 0 Å². The van der Waals surface area contributed by atoms with E-state index >= 15 is 0 Å². The number of benzene rings is 3. The van der Waals surface area contributed by atoms with Gasteiger partial charge in [0, 0.05) is 18.5 Å². The fourth-order valence-electron chi connectivity index (χ4n) is 5.31. The van der Waals surface area contributed by atoms with E-state index in [0.717, 1.165) is 35.3 Å². The highest BCUT2D eigenvalue weighted by Crippen LogP contribution is 2.52. The third kappa shape index (κ3) is 3.63. The van der Waals surface area contributed by atoms with Crippen LogP contribution in [0.4, 0.5) is 0 Å². The molecule has 2 aliphatic rings. The molecule has 0 spiro atoms. The van der Waals surface area contributed by atoms with Gasteiger partial charge >= 0.3 is 0 Å². The first-order valence-corrected chi connectivity index (χ1v) is 11.5. The van der Waals surface area contributed by atoms with E-state index in [4.69, 9.17) is 18.9 Å². The van der Waals surface area contributed by atoms with E-state index < -0.39 is 0 Å². The van der Waals surface area contributed by atoms with Gasteiger partial charge in [0.1, 0.15) is 6.61 Å². The number of hydrogen-bond acceptors (Lipinski definition) is 5. The minimum Gasteiger partial charge on any atom is -0.493 e. The van der Waals surface area contributed by atoms with Crippen LogP contribution in [0.3, 0.4) is 0 Å². The third-order valence-electron chi connectivity index (χ3n) is 7.01. The summed E-state index contributed by atoms with van der Waals surface area (Å²) >= 11 is 0. The molecule has 1 aliphatic heterocycles. The summed E-state index contributed by atoms with van der Waals surface area (Å²) in [6, 6.07) is 17.9. The first-order chi connectivity index (χ1) is 16.5. The lowest BCUT2D eigenvalue weighted by atomic mass is 9.72. The average molecular weight is 460 g/mol. The molecule has 0 aromatic heterocycles. The van der Waals surface area contributed by atoms with Crippen LogP contribution in [-0.2, 0) is 13.0 Å². The topological polar surface area (TPSA) is 57.2 Å². The van der Waals surface area contributed by atoms with Crippen molar-refractivity contribution in [2.24, 2.45) is 0 Å². The number of methoxy groups -OCH3 is 3. The van der Waals surface area contributed by atoms with Crippen LogP contribution >= 0.6 is 0 Å². The molecule has 1 aliphatic carbocycles. The molecular formula is C28H29NO5. The molecule has 6 heteroatoms. The van der Waals surface area contributed by atoms with Crippen molar-refractivity contribution < 1.29 is 23.7 Å². The first kappa shape index (κ1) is 22.1. The number of likely N-dealkylation sites (N-methyl/N-ethyl adjacent to an activating group) is 1. The zero-order valence-corrected chi connectivity index (χ0v) is 20.0. The van der Waals surface area contributed by atoms with Gasteiger partial charge in [0.25, 0.3) is 5.91 Å². The van der Waals surface area contributed by atoms with E-state index in [1.54, 1.807) is 27.4 Å². The van der Waals surface area contributed by atoms with Crippen molar-refractivity contribution in [2.45, 2.75) is 31.4 Å². The third-order valence-corrected chi connectivity index (χ3v) is 7.01. The molecule has 1 heterocycles. The number of ether oxygens (including phenoxy) is 4. The van der Waals surface area contributed by atoms with Crippen LogP contribution in [0.15, 0.2) is 54.6 Å². The van der Waals surface area contributed by atoms with Gasteiger partial charge in [-0.2, -0.15) is 0 Å². The highest BCUT2D eigenvalue weighted by molar-refractivity contribution is 5.98. The summed E-state index contributed by atoms with van der Waals surface area (Å²) in [5, 5.41) is 0. The molecule has 1 amide bonds. The quantitative estimate of drug-likeness (QED) is 0.510. The van der Waals surface area contributed by atoms with E-state index in [9.17, 15) is 4.79 Å². The highest BCUT2D eigenvalue weighted by Gasteiger charge is 2.43. The fraction of sp³-hybridized carbons (Fsp3) is 0.321. The van der Waals surface area contributed by atoms with Crippen LogP contribution < -0.4 is 18.9 Å². The van der Waals surface area contributed by atoms with Gasteiger partial charge in [-0.15, -0.1) is 0 Å². The highest BCUT2D eigenvalue weighted by atomic mass is 16.5. The van der Waals surface area contributed by atoms with Gasteiger partial charge in [0.15, 0.2) is 23.0 Å². The normalized spacial score (nSPS) is 18.5. The minimum absolute atomic E-state index is 0.0200. The summed E-state index contributed by atoms with van der Waals surface area (Å²) in [5.41, 5.74) is 5.09. The van der Waals surface area contributed by atoms with Crippen LogP contribution in [0.25, 0.3) is 0 Å². The van der Waals surface area contributed by atoms with Crippen LogP contribution in [0.5, 0.6) is 23.0 Å². The van der Waals surface area contributed by atoms with Gasteiger partial charge in [-0.3, -0.25) is 4.79 Å². The Hall–Kier alpha value is -3.67. The molecule has 0 saturated heterocycles. The number of carbonyl (C=O) groups is 1. The maximum Gasteiger partial charge on any atom is 0.254 e. The van der Waals surface area contributed by atoms with Crippen LogP contribution in [-0.4, -0.2) is 39.2 Å². The van der Waals surface area contributed by atoms with Crippen molar-refractivity contribution in [3.8, 4) is 23.0 Å². The molecule has 2 atom stereocenters. The lowest BCUT2D eigenvalue weighted by Crippen LogP contribution is -2.42. The van der Waals surface area contributed by atoms with Gasteiger partial charge in [-0.1, -0.05) is 30.3 Å². The number of nitrogens with zero attached hydrogens (tertiary/aromatic N) is 1. The molecule has 0 N–H and O–H groups in total. The number of hydrogen-bond donors (Lipinski definition) is 0. The summed E-state index contributed by atoms with van der Waals surface area (Å²) in [5.74, 6) is 2.75. The Morgan fingerprint density at radius 2 is 1.50 bits per heavy atom. The number of fused-ring (bicyclic) bond motifs is 5. The lowest BCUT2D eigenvalue weighted by Gasteiger charge is -2.44. The number of aryl methyl sites for hydroxylation is 1. The molecule has 0 saturated carbocycles. The van der Waals surface area contributed by atoms with Gasteiger partial charge in [0.2, 0.25) is 0 Å². The predicted octanol–water partition coefficient (Wildman–Crippen LogP) is 5.15. The van der Waals surface area contributed by atoms with Crippen molar-refractivity contribution in [3.05, 3.63) is 82.4 Å². The van der Waals surface area contributed by atoms with E-state index in [-0.39, 0.29) is 17.9 Å². The van der Waals surface area contributed by atoms with Gasteiger partial charge in [-0.05, 0) is 59.4 Å². The van der Waals surface area contributed by atoms with Crippen LogP contribution in [0.1, 0.15) is 51.0 Å². The van der Waals surface area contributed by atoms with E-state index in [0.29, 0.717) is 29.4 Å². The zero-order valence-electron chi connectivity index (χ0n) is 20.0. The molecule has 0 bridgehead atoms. The maximum atomic E-state index is 13.4. The fourth-order valence-corrected chi connectivity index (χ4v) is 5.31. The SMILES string of the molecule is COc1cc2c(cc1OC)C1CCc3cc(OCc4ccccc4)c(OC)cc3C1N(C)C2=O. The lowest BCUT2D eigenvalue weighted by molar-refractivity contribution is 0.0656. The monoisotopic (exact) mass is 459 g/mol. The van der Waals surface area contributed by atoms with Crippen LogP contribution in [0.2, 0.25) is 0 Å². The Morgan fingerprint density at radius 1 is 0.853 bits per heavy atom. The standard InChI is InChI=1S/C28H29NO5/c1-29-27-19(21-14-23(31-2)24(32-3)15-22(21)28(29)30)11-10-18-12-26(25(33-4)13-20(18)27)34-16-17-8-6-5-7-9-17/h5-9,12-15,19,27H,10-11,16H2,1-4H3. The maximum absolute atomic E-state index is 13.4. The molecule has 3 aromatic carbocycles. The van der Waals surface area contributed by atoms with Crippen molar-refractivity contribution in [2.75, 3.05) is 28.4 Å². The van der Waals surface area contributed by atoms with Crippen LogP contribution in [0, 0.1) is 0 Å². The second-order valence-corrected chi connectivity index (χ2v) is 8.78. The molecule has 2 unspecified atom stereocenters. The zero-order chi connectivity index (χ0) is 23.8. The van der Waals surface area contributed by atoms with E-state index in [1.165, 1.54) is 5.56 Å². The number of carbonyl (C=O) groups excluding carboxylic acids is 1. The second kappa shape index (κ2) is 8.93. The van der Waals surface area contributed by atoms with E-state index in [2.05, 4.69) is 6.07 Å². The molecule has 6 nitrogen and oxygen atoms in total. The smallest absolute Gasteiger partial charge is 0.254 e. The Bertz CT molecular complexity index is 1220.